The summed E-state index contributed by atoms with van der Waals surface area (Å²) in [7, 11) is 0. The van der Waals surface area contributed by atoms with E-state index in [0.29, 0.717) is 5.71 Å². The van der Waals surface area contributed by atoms with Crippen molar-refractivity contribution in [2.75, 3.05) is 0 Å². The van der Waals surface area contributed by atoms with E-state index in [-0.39, 0.29) is 5.82 Å². The highest BCUT2D eigenvalue weighted by molar-refractivity contribution is 6.01. The molecule has 1 N–H and O–H groups in total. The van der Waals surface area contributed by atoms with Gasteiger partial charge in [0.1, 0.15) is 5.82 Å². The largest absolute Gasteiger partial charge is 0.411 e. The first kappa shape index (κ1) is 9.90. The van der Waals surface area contributed by atoms with Crippen LogP contribution < -0.4 is 0 Å². The van der Waals surface area contributed by atoms with E-state index in [1.54, 1.807) is 12.1 Å². The molecule has 1 aromatic rings. The Labute approximate surface area is 87.7 Å². The van der Waals surface area contributed by atoms with Gasteiger partial charge in [-0.1, -0.05) is 17.3 Å². The first-order valence-corrected chi connectivity index (χ1v) is 4.97. The first-order valence-electron chi connectivity index (χ1n) is 4.97. The average Bonchev–Trinajstić information content (AvgIpc) is 2.30. The van der Waals surface area contributed by atoms with Gasteiger partial charge >= 0.3 is 0 Å². The lowest BCUT2D eigenvalue weighted by Gasteiger charge is -2.13. The van der Waals surface area contributed by atoms with Crippen LogP contribution in [0.25, 0.3) is 5.57 Å². The number of rotatable bonds is 1. The van der Waals surface area contributed by atoms with Crippen LogP contribution in [0.5, 0.6) is 0 Å². The van der Waals surface area contributed by atoms with Crippen molar-refractivity contribution < 1.29 is 9.60 Å². The Balaban J connectivity index is 2.30. The fourth-order valence-corrected chi connectivity index (χ4v) is 1.78. The molecule has 0 fully saturated rings. The average molecular weight is 205 g/mol. The quantitative estimate of drug-likeness (QED) is 0.554. The molecular weight excluding hydrogens is 193 g/mol. The van der Waals surface area contributed by atoms with E-state index in [0.717, 1.165) is 30.4 Å². The molecule has 0 aliphatic heterocycles. The van der Waals surface area contributed by atoms with Crippen LogP contribution in [0.3, 0.4) is 0 Å². The summed E-state index contributed by atoms with van der Waals surface area (Å²) in [5.41, 5.74) is 2.80. The van der Waals surface area contributed by atoms with Gasteiger partial charge in [-0.3, -0.25) is 0 Å². The van der Waals surface area contributed by atoms with E-state index in [4.69, 9.17) is 5.21 Å². The molecule has 0 spiro atoms. The van der Waals surface area contributed by atoms with Gasteiger partial charge in [-0.2, -0.15) is 0 Å². The highest BCUT2D eigenvalue weighted by Gasteiger charge is 2.10. The fraction of sp³-hybridized carbons (Fsp3) is 0.250. The molecule has 0 amide bonds. The Hall–Kier alpha value is -1.64. The van der Waals surface area contributed by atoms with E-state index < -0.39 is 0 Å². The molecule has 0 unspecified atom stereocenters. The standard InChI is InChI=1S/C12H12FNO/c13-11-6-4-9(5-7-11)10-2-1-3-12(8-10)14-15/h4-8,15H,1-3H2/b14-12-. The molecule has 1 aliphatic rings. The minimum absolute atomic E-state index is 0.230. The minimum atomic E-state index is -0.230. The van der Waals surface area contributed by atoms with E-state index in [9.17, 15) is 4.39 Å². The fourth-order valence-electron chi connectivity index (χ4n) is 1.78. The van der Waals surface area contributed by atoms with Crippen LogP contribution in [0, 0.1) is 5.82 Å². The highest BCUT2D eigenvalue weighted by Crippen LogP contribution is 2.25. The van der Waals surface area contributed by atoms with Crippen molar-refractivity contribution in [3.63, 3.8) is 0 Å². The maximum atomic E-state index is 12.7. The van der Waals surface area contributed by atoms with Crippen molar-refractivity contribution in [1.82, 2.24) is 0 Å². The maximum absolute atomic E-state index is 12.7. The van der Waals surface area contributed by atoms with Gasteiger partial charge in [0.2, 0.25) is 0 Å². The zero-order valence-corrected chi connectivity index (χ0v) is 8.28. The summed E-state index contributed by atoms with van der Waals surface area (Å²) in [6, 6.07) is 6.39. The summed E-state index contributed by atoms with van der Waals surface area (Å²) in [4.78, 5) is 0. The summed E-state index contributed by atoms with van der Waals surface area (Å²) < 4.78 is 12.7. The molecule has 0 bridgehead atoms. The summed E-state index contributed by atoms with van der Waals surface area (Å²) in [6.07, 6.45) is 4.60. The number of oxime groups is 1. The van der Waals surface area contributed by atoms with E-state index in [1.807, 2.05) is 6.08 Å². The van der Waals surface area contributed by atoms with Crippen molar-refractivity contribution >= 4 is 11.3 Å². The predicted octanol–water partition coefficient (Wildman–Crippen LogP) is 3.22. The van der Waals surface area contributed by atoms with Gasteiger partial charge in [0.15, 0.2) is 0 Å². The molecule has 2 rings (SSSR count). The van der Waals surface area contributed by atoms with E-state index in [1.165, 1.54) is 12.1 Å². The third kappa shape index (κ3) is 2.24. The van der Waals surface area contributed by atoms with Crippen LogP contribution in [0.1, 0.15) is 24.8 Å². The van der Waals surface area contributed by atoms with Gasteiger partial charge in [0.05, 0.1) is 5.71 Å². The molecule has 78 valence electrons. The summed E-state index contributed by atoms with van der Waals surface area (Å²) in [5.74, 6) is -0.230. The van der Waals surface area contributed by atoms with Gasteiger partial charge in [-0.25, -0.2) is 4.39 Å². The minimum Gasteiger partial charge on any atom is -0.411 e. The lowest BCUT2D eigenvalue weighted by Crippen LogP contribution is -2.02. The number of hydrogen-bond donors (Lipinski definition) is 1. The summed E-state index contributed by atoms with van der Waals surface area (Å²) in [5, 5.41) is 11.9. The molecule has 1 aliphatic carbocycles. The van der Waals surface area contributed by atoms with Gasteiger partial charge in [0, 0.05) is 0 Å². The van der Waals surface area contributed by atoms with Gasteiger partial charge < -0.3 is 5.21 Å². The van der Waals surface area contributed by atoms with Crippen LogP contribution in [-0.4, -0.2) is 10.9 Å². The van der Waals surface area contributed by atoms with Crippen molar-refractivity contribution in [1.29, 1.82) is 0 Å². The van der Waals surface area contributed by atoms with Crippen LogP contribution in [0.4, 0.5) is 4.39 Å². The number of hydrogen-bond acceptors (Lipinski definition) is 2. The van der Waals surface area contributed by atoms with E-state index in [2.05, 4.69) is 5.16 Å². The SMILES string of the molecule is O/N=C1\C=C(c2ccc(F)cc2)CCC1. The Bertz CT molecular complexity index is 406. The van der Waals surface area contributed by atoms with Gasteiger partial charge in [-0.15, -0.1) is 0 Å². The lowest BCUT2D eigenvalue weighted by atomic mass is 9.93. The Kier molecular flexibility index (Phi) is 2.81. The molecule has 0 heterocycles. The van der Waals surface area contributed by atoms with Crippen LogP contribution in [-0.2, 0) is 0 Å². The third-order valence-corrected chi connectivity index (χ3v) is 2.56. The van der Waals surface area contributed by atoms with Gasteiger partial charge in [0.25, 0.3) is 0 Å². The second-order valence-electron chi connectivity index (χ2n) is 3.62. The zero-order chi connectivity index (χ0) is 10.7. The number of benzene rings is 1. The van der Waals surface area contributed by atoms with Crippen LogP contribution in [0.2, 0.25) is 0 Å². The van der Waals surface area contributed by atoms with Crippen molar-refractivity contribution in [3.05, 3.63) is 41.7 Å². The van der Waals surface area contributed by atoms with Crippen molar-refractivity contribution in [2.45, 2.75) is 19.3 Å². The highest BCUT2D eigenvalue weighted by atomic mass is 19.1. The number of allylic oxidation sites excluding steroid dienone is 2. The summed E-state index contributed by atoms with van der Waals surface area (Å²) in [6.45, 7) is 0. The van der Waals surface area contributed by atoms with E-state index >= 15 is 0 Å². The Morgan fingerprint density at radius 2 is 1.87 bits per heavy atom. The molecule has 0 aromatic heterocycles. The van der Waals surface area contributed by atoms with Crippen molar-refractivity contribution in [3.8, 4) is 0 Å². The molecule has 0 saturated carbocycles. The molecule has 0 radical (unpaired) electrons. The predicted molar refractivity (Wildman–Crippen MR) is 57.4 cm³/mol. The van der Waals surface area contributed by atoms with Crippen molar-refractivity contribution in [2.24, 2.45) is 5.16 Å². The second kappa shape index (κ2) is 4.26. The topological polar surface area (TPSA) is 32.6 Å². The molecular formula is C12H12FNO. The summed E-state index contributed by atoms with van der Waals surface area (Å²) >= 11 is 0. The Morgan fingerprint density at radius 1 is 1.13 bits per heavy atom. The molecule has 2 nitrogen and oxygen atoms in total. The smallest absolute Gasteiger partial charge is 0.123 e. The maximum Gasteiger partial charge on any atom is 0.123 e. The molecule has 15 heavy (non-hydrogen) atoms. The molecule has 0 atom stereocenters. The lowest BCUT2D eigenvalue weighted by molar-refractivity contribution is 0.318. The molecule has 3 heteroatoms. The first-order chi connectivity index (χ1) is 7.29. The molecule has 0 saturated heterocycles. The Morgan fingerprint density at radius 3 is 2.53 bits per heavy atom. The molecule has 1 aromatic carbocycles. The van der Waals surface area contributed by atoms with Crippen LogP contribution >= 0.6 is 0 Å². The zero-order valence-electron chi connectivity index (χ0n) is 8.28. The second-order valence-corrected chi connectivity index (χ2v) is 3.62. The monoisotopic (exact) mass is 205 g/mol. The third-order valence-electron chi connectivity index (χ3n) is 2.56. The number of halogens is 1. The van der Waals surface area contributed by atoms with Gasteiger partial charge in [-0.05, 0) is 48.6 Å². The van der Waals surface area contributed by atoms with Crippen LogP contribution in [0.15, 0.2) is 35.5 Å². The number of nitrogens with zero attached hydrogens (tertiary/aromatic N) is 1. The normalized spacial score (nSPS) is 19.0.